The Balaban J connectivity index is 1.60. The second kappa shape index (κ2) is 9.36. The van der Waals surface area contributed by atoms with E-state index >= 15 is 0 Å². The Morgan fingerprint density at radius 3 is 2.64 bits per heavy atom. The van der Waals surface area contributed by atoms with Crippen LogP contribution < -0.4 is 19.5 Å². The molecule has 6 nitrogen and oxygen atoms in total. The maximum absolute atomic E-state index is 12.5. The van der Waals surface area contributed by atoms with E-state index in [-0.39, 0.29) is 23.5 Å². The zero-order valence-electron chi connectivity index (χ0n) is 15.3. The Morgan fingerprint density at radius 1 is 1.21 bits per heavy atom. The molecule has 0 saturated carbocycles. The van der Waals surface area contributed by atoms with Gasteiger partial charge in [0.1, 0.15) is 12.4 Å². The molecule has 0 aliphatic carbocycles. The van der Waals surface area contributed by atoms with Gasteiger partial charge in [-0.05, 0) is 49.2 Å². The second-order valence-corrected chi connectivity index (χ2v) is 6.17. The van der Waals surface area contributed by atoms with Crippen LogP contribution in [0.4, 0.5) is 14.5 Å². The molecule has 1 saturated heterocycles. The molecule has 1 heterocycles. The lowest BCUT2D eigenvalue weighted by molar-refractivity contribution is -0.0511. The van der Waals surface area contributed by atoms with Crippen molar-refractivity contribution in [3.8, 4) is 17.2 Å². The molecule has 150 valence electrons. The molecule has 1 aliphatic heterocycles. The van der Waals surface area contributed by atoms with E-state index in [9.17, 15) is 13.6 Å². The van der Waals surface area contributed by atoms with Crippen molar-refractivity contribution >= 4 is 11.6 Å². The van der Waals surface area contributed by atoms with Gasteiger partial charge in [0.15, 0.2) is 11.5 Å². The average Bonchev–Trinajstić information content (AvgIpc) is 3.20. The van der Waals surface area contributed by atoms with Gasteiger partial charge in [-0.25, -0.2) is 0 Å². The minimum absolute atomic E-state index is 0.114. The number of hydrogen-bond donors (Lipinski definition) is 1. The van der Waals surface area contributed by atoms with Gasteiger partial charge in [-0.15, -0.1) is 0 Å². The van der Waals surface area contributed by atoms with Crippen LogP contribution in [0.5, 0.6) is 17.2 Å². The fraction of sp³-hybridized carbons (Fsp3) is 0.350. The summed E-state index contributed by atoms with van der Waals surface area (Å²) in [5, 5.41) is 2.64. The summed E-state index contributed by atoms with van der Waals surface area (Å²) in [6.45, 7) is -1.76. The highest BCUT2D eigenvalue weighted by Crippen LogP contribution is 2.31. The fourth-order valence-corrected chi connectivity index (χ4v) is 2.81. The lowest BCUT2D eigenvalue weighted by atomic mass is 10.2. The van der Waals surface area contributed by atoms with Crippen LogP contribution in [-0.4, -0.2) is 38.9 Å². The maximum Gasteiger partial charge on any atom is 0.387 e. The lowest BCUT2D eigenvalue weighted by Gasteiger charge is -2.13. The number of anilines is 1. The molecule has 1 aliphatic rings. The number of alkyl halides is 2. The number of nitrogens with one attached hydrogen (secondary N) is 1. The van der Waals surface area contributed by atoms with Crippen molar-refractivity contribution < 1.29 is 32.5 Å². The second-order valence-electron chi connectivity index (χ2n) is 6.17. The third-order valence-electron chi connectivity index (χ3n) is 4.21. The number of hydrogen-bond acceptors (Lipinski definition) is 5. The molecule has 1 unspecified atom stereocenters. The Morgan fingerprint density at radius 2 is 2.00 bits per heavy atom. The summed E-state index contributed by atoms with van der Waals surface area (Å²) >= 11 is 0. The Bertz CT molecular complexity index is 792. The first kappa shape index (κ1) is 19.9. The van der Waals surface area contributed by atoms with Crippen LogP contribution in [0.3, 0.4) is 0 Å². The predicted molar refractivity (Wildman–Crippen MR) is 98.5 cm³/mol. The van der Waals surface area contributed by atoms with Crippen LogP contribution in [0.25, 0.3) is 0 Å². The molecule has 0 radical (unpaired) electrons. The van der Waals surface area contributed by atoms with Gasteiger partial charge < -0.3 is 24.3 Å². The fourth-order valence-electron chi connectivity index (χ4n) is 2.81. The molecule has 0 spiro atoms. The average molecular weight is 393 g/mol. The van der Waals surface area contributed by atoms with Crippen LogP contribution in [0, 0.1) is 0 Å². The van der Waals surface area contributed by atoms with Gasteiger partial charge in [-0.1, -0.05) is 0 Å². The van der Waals surface area contributed by atoms with E-state index in [1.54, 1.807) is 24.3 Å². The number of amides is 1. The zero-order valence-corrected chi connectivity index (χ0v) is 15.3. The molecule has 2 aromatic carbocycles. The SMILES string of the molecule is COc1ccc(NC(=O)c2ccc(OCC3CCCO3)cc2)cc1OC(F)F. The van der Waals surface area contributed by atoms with Crippen molar-refractivity contribution in [3.63, 3.8) is 0 Å². The standard InChI is InChI=1S/C20H21F2NO5/c1-25-17-9-6-14(11-18(17)28-20(21)22)23-19(24)13-4-7-15(8-5-13)27-12-16-3-2-10-26-16/h4-9,11,16,20H,2-3,10,12H2,1H3,(H,23,24). The number of rotatable bonds is 8. The number of halogens is 2. The normalized spacial score (nSPS) is 16.1. The first-order valence-electron chi connectivity index (χ1n) is 8.84. The summed E-state index contributed by atoms with van der Waals surface area (Å²) < 4.78 is 45.6. The molecular formula is C20H21F2NO5. The van der Waals surface area contributed by atoms with Gasteiger partial charge in [-0.3, -0.25) is 4.79 Å². The van der Waals surface area contributed by atoms with E-state index in [4.69, 9.17) is 14.2 Å². The molecule has 8 heteroatoms. The first-order chi connectivity index (χ1) is 13.5. The Kier molecular flexibility index (Phi) is 6.65. The van der Waals surface area contributed by atoms with E-state index in [0.29, 0.717) is 23.6 Å². The summed E-state index contributed by atoms with van der Waals surface area (Å²) in [4.78, 5) is 12.4. The molecule has 3 rings (SSSR count). The summed E-state index contributed by atoms with van der Waals surface area (Å²) in [6.07, 6.45) is 2.14. The Hall–Kier alpha value is -2.87. The van der Waals surface area contributed by atoms with E-state index < -0.39 is 6.61 Å². The molecule has 1 atom stereocenters. The van der Waals surface area contributed by atoms with Crippen molar-refractivity contribution in [1.82, 2.24) is 0 Å². The van der Waals surface area contributed by atoms with E-state index in [0.717, 1.165) is 19.4 Å². The third-order valence-corrected chi connectivity index (χ3v) is 4.21. The van der Waals surface area contributed by atoms with Crippen LogP contribution in [0.15, 0.2) is 42.5 Å². The van der Waals surface area contributed by atoms with Crippen LogP contribution in [0.1, 0.15) is 23.2 Å². The minimum Gasteiger partial charge on any atom is -0.493 e. The van der Waals surface area contributed by atoms with Crippen LogP contribution in [-0.2, 0) is 4.74 Å². The number of carbonyl (C=O) groups excluding carboxylic acids is 1. The lowest BCUT2D eigenvalue weighted by Crippen LogP contribution is -2.16. The summed E-state index contributed by atoms with van der Waals surface area (Å²) in [5.41, 5.74) is 0.705. The van der Waals surface area contributed by atoms with E-state index in [2.05, 4.69) is 10.1 Å². The van der Waals surface area contributed by atoms with Gasteiger partial charge in [0.25, 0.3) is 5.91 Å². The van der Waals surface area contributed by atoms with Crippen molar-refractivity contribution in [2.45, 2.75) is 25.6 Å². The maximum atomic E-state index is 12.5. The molecule has 2 aromatic rings. The Labute approximate surface area is 161 Å². The molecule has 0 bridgehead atoms. The summed E-state index contributed by atoms with van der Waals surface area (Å²) in [7, 11) is 1.34. The monoisotopic (exact) mass is 393 g/mol. The number of methoxy groups -OCH3 is 1. The summed E-state index contributed by atoms with van der Waals surface area (Å²) in [5.74, 6) is 0.238. The highest BCUT2D eigenvalue weighted by molar-refractivity contribution is 6.04. The highest BCUT2D eigenvalue weighted by atomic mass is 19.3. The van der Waals surface area contributed by atoms with Crippen LogP contribution >= 0.6 is 0 Å². The van der Waals surface area contributed by atoms with Gasteiger partial charge in [0.05, 0.1) is 13.2 Å². The number of carbonyl (C=O) groups is 1. The molecule has 28 heavy (non-hydrogen) atoms. The smallest absolute Gasteiger partial charge is 0.387 e. The molecule has 0 aromatic heterocycles. The van der Waals surface area contributed by atoms with E-state index in [1.807, 2.05) is 0 Å². The van der Waals surface area contributed by atoms with Gasteiger partial charge in [0, 0.05) is 23.9 Å². The minimum atomic E-state index is -3.00. The topological polar surface area (TPSA) is 66.0 Å². The largest absolute Gasteiger partial charge is 0.493 e. The molecule has 1 amide bonds. The predicted octanol–water partition coefficient (Wildman–Crippen LogP) is 4.11. The highest BCUT2D eigenvalue weighted by Gasteiger charge is 2.16. The number of ether oxygens (including phenoxy) is 4. The number of benzene rings is 2. The third kappa shape index (κ3) is 5.32. The molecule has 1 N–H and O–H groups in total. The van der Waals surface area contributed by atoms with Crippen molar-refractivity contribution in [1.29, 1.82) is 0 Å². The molecule has 1 fully saturated rings. The van der Waals surface area contributed by atoms with Crippen LogP contribution in [0.2, 0.25) is 0 Å². The zero-order chi connectivity index (χ0) is 19.9. The van der Waals surface area contributed by atoms with Gasteiger partial charge in [-0.2, -0.15) is 8.78 Å². The van der Waals surface area contributed by atoms with Crippen molar-refractivity contribution in [2.75, 3.05) is 25.6 Å². The first-order valence-corrected chi connectivity index (χ1v) is 8.84. The van der Waals surface area contributed by atoms with Crippen molar-refractivity contribution in [3.05, 3.63) is 48.0 Å². The quantitative estimate of drug-likeness (QED) is 0.731. The molecular weight excluding hydrogens is 372 g/mol. The summed E-state index contributed by atoms with van der Waals surface area (Å²) in [6, 6.07) is 10.9. The van der Waals surface area contributed by atoms with Gasteiger partial charge in [0.2, 0.25) is 0 Å². The van der Waals surface area contributed by atoms with Gasteiger partial charge >= 0.3 is 6.61 Å². The van der Waals surface area contributed by atoms with Crippen molar-refractivity contribution in [2.24, 2.45) is 0 Å². The van der Waals surface area contributed by atoms with E-state index in [1.165, 1.54) is 25.3 Å².